The Morgan fingerprint density at radius 3 is 2.75 bits per heavy atom. The number of carbonyl (C=O) groups excluding carboxylic acids is 1. The van der Waals surface area contributed by atoms with Crippen LogP contribution in [0, 0.1) is 6.92 Å². The molecule has 0 heterocycles. The minimum atomic E-state index is -0.326. The summed E-state index contributed by atoms with van der Waals surface area (Å²) in [4.78, 5) is 11.8. The van der Waals surface area contributed by atoms with E-state index >= 15 is 0 Å². The van der Waals surface area contributed by atoms with E-state index in [1.54, 1.807) is 6.07 Å². The third-order valence-electron chi connectivity index (χ3n) is 3.54. The Bertz CT molecular complexity index is 742. The molecular formula is C19H21ClN2O2. The van der Waals surface area contributed by atoms with E-state index in [-0.39, 0.29) is 12.5 Å². The lowest BCUT2D eigenvalue weighted by molar-refractivity contribution is -0.123. The first kappa shape index (κ1) is 18.0. The van der Waals surface area contributed by atoms with Crippen LogP contribution in [0.1, 0.15) is 36.5 Å². The molecule has 2 aromatic carbocycles. The smallest absolute Gasteiger partial charge is 0.277 e. The lowest BCUT2D eigenvalue weighted by Gasteiger charge is -2.12. The number of hydrogen-bond acceptors (Lipinski definition) is 3. The van der Waals surface area contributed by atoms with Gasteiger partial charge >= 0.3 is 0 Å². The van der Waals surface area contributed by atoms with Crippen molar-refractivity contribution in [2.24, 2.45) is 5.10 Å². The first-order chi connectivity index (χ1) is 11.5. The maximum Gasteiger partial charge on any atom is 0.277 e. The fraction of sp³-hybridized carbons (Fsp3) is 0.263. The molecule has 0 radical (unpaired) electrons. The van der Waals surface area contributed by atoms with Gasteiger partial charge in [-0.3, -0.25) is 4.79 Å². The van der Waals surface area contributed by atoms with Gasteiger partial charge in [0.2, 0.25) is 0 Å². The molecule has 1 N–H and O–H groups in total. The van der Waals surface area contributed by atoms with E-state index in [1.165, 1.54) is 11.8 Å². The minimum absolute atomic E-state index is 0.0950. The molecule has 4 nitrogen and oxygen atoms in total. The van der Waals surface area contributed by atoms with Gasteiger partial charge in [-0.1, -0.05) is 55.8 Å². The topological polar surface area (TPSA) is 50.7 Å². The first-order valence-corrected chi connectivity index (χ1v) is 8.15. The number of halogens is 1. The van der Waals surface area contributed by atoms with Crippen molar-refractivity contribution in [2.45, 2.75) is 26.7 Å². The van der Waals surface area contributed by atoms with Crippen molar-refractivity contribution in [1.82, 2.24) is 5.43 Å². The number of nitrogens with zero attached hydrogens (tertiary/aromatic N) is 1. The second-order valence-electron chi connectivity index (χ2n) is 5.78. The summed E-state index contributed by atoms with van der Waals surface area (Å²) in [5.74, 6) is 0.793. The van der Waals surface area contributed by atoms with Crippen LogP contribution in [0.4, 0.5) is 0 Å². The van der Waals surface area contributed by atoms with Crippen LogP contribution in [0.3, 0.4) is 0 Å². The van der Waals surface area contributed by atoms with Crippen molar-refractivity contribution in [3.63, 3.8) is 0 Å². The summed E-state index contributed by atoms with van der Waals surface area (Å²) in [5, 5.41) is 4.47. The van der Waals surface area contributed by atoms with E-state index in [0.717, 1.165) is 11.1 Å². The third kappa shape index (κ3) is 5.10. The Hall–Kier alpha value is -2.33. The largest absolute Gasteiger partial charge is 0.483 e. The summed E-state index contributed by atoms with van der Waals surface area (Å²) in [7, 11) is 0. The van der Waals surface area contributed by atoms with Crippen LogP contribution in [0.15, 0.2) is 47.6 Å². The second kappa shape index (κ2) is 8.50. The fourth-order valence-electron chi connectivity index (χ4n) is 2.06. The molecule has 0 saturated heterocycles. The highest BCUT2D eigenvalue weighted by Gasteiger charge is 2.07. The van der Waals surface area contributed by atoms with Gasteiger partial charge in [0, 0.05) is 10.6 Å². The highest BCUT2D eigenvalue weighted by Crippen LogP contribution is 2.24. The molecule has 0 aromatic heterocycles. The lowest BCUT2D eigenvalue weighted by Crippen LogP contribution is -2.24. The summed E-state index contributed by atoms with van der Waals surface area (Å²) >= 11 is 6.01. The number of hydrazone groups is 1. The number of amides is 1. The Morgan fingerprint density at radius 2 is 2.04 bits per heavy atom. The van der Waals surface area contributed by atoms with Crippen LogP contribution >= 0.6 is 11.6 Å². The molecule has 0 unspecified atom stereocenters. The fourth-order valence-corrected chi connectivity index (χ4v) is 2.25. The number of nitrogens with one attached hydrogen (secondary N) is 1. The second-order valence-corrected chi connectivity index (χ2v) is 6.19. The molecule has 0 aliphatic carbocycles. The zero-order chi connectivity index (χ0) is 17.5. The molecule has 2 rings (SSSR count). The maximum absolute atomic E-state index is 11.8. The van der Waals surface area contributed by atoms with Crippen LogP contribution in [0.2, 0.25) is 5.02 Å². The van der Waals surface area contributed by atoms with Crippen LogP contribution in [-0.4, -0.2) is 18.7 Å². The van der Waals surface area contributed by atoms with Crippen LogP contribution in [-0.2, 0) is 4.79 Å². The van der Waals surface area contributed by atoms with E-state index in [1.807, 2.05) is 37.3 Å². The zero-order valence-corrected chi connectivity index (χ0v) is 14.8. The predicted molar refractivity (Wildman–Crippen MR) is 98.0 cm³/mol. The normalized spacial score (nSPS) is 11.0. The van der Waals surface area contributed by atoms with E-state index in [2.05, 4.69) is 30.4 Å². The minimum Gasteiger partial charge on any atom is -0.483 e. The molecule has 0 fully saturated rings. The lowest BCUT2D eigenvalue weighted by atomic mass is 10.0. The zero-order valence-electron chi connectivity index (χ0n) is 14.0. The number of rotatable bonds is 6. The van der Waals surface area contributed by atoms with Crippen molar-refractivity contribution in [3.8, 4) is 5.75 Å². The Labute approximate surface area is 147 Å². The molecule has 126 valence electrons. The molecule has 0 saturated carbocycles. The van der Waals surface area contributed by atoms with Crippen molar-refractivity contribution in [1.29, 1.82) is 0 Å². The van der Waals surface area contributed by atoms with Gasteiger partial charge in [0.05, 0.1) is 6.21 Å². The molecule has 5 heteroatoms. The third-order valence-corrected chi connectivity index (χ3v) is 3.88. The monoisotopic (exact) mass is 344 g/mol. The molecule has 0 spiro atoms. The van der Waals surface area contributed by atoms with E-state index in [9.17, 15) is 4.79 Å². The molecular weight excluding hydrogens is 324 g/mol. The van der Waals surface area contributed by atoms with Gasteiger partial charge in [-0.05, 0) is 36.1 Å². The van der Waals surface area contributed by atoms with Gasteiger partial charge in [0.25, 0.3) is 5.91 Å². The molecule has 0 atom stereocenters. The van der Waals surface area contributed by atoms with E-state index in [0.29, 0.717) is 16.7 Å². The van der Waals surface area contributed by atoms with Crippen molar-refractivity contribution in [3.05, 3.63) is 64.2 Å². The first-order valence-electron chi connectivity index (χ1n) is 7.77. The van der Waals surface area contributed by atoms with Gasteiger partial charge in [-0.25, -0.2) is 5.43 Å². The predicted octanol–water partition coefficient (Wildman–Crippen LogP) is 4.30. The number of hydrogen-bond donors (Lipinski definition) is 1. The maximum atomic E-state index is 11.8. The quantitative estimate of drug-likeness (QED) is 0.627. The molecule has 2 aromatic rings. The van der Waals surface area contributed by atoms with E-state index < -0.39 is 0 Å². The molecule has 24 heavy (non-hydrogen) atoms. The van der Waals surface area contributed by atoms with Gasteiger partial charge in [0.1, 0.15) is 5.75 Å². The number of ether oxygens (including phenoxy) is 1. The SMILES string of the molecule is Cc1ccc(C(C)C)cc1OCC(=O)NN=Cc1ccccc1Cl. The molecule has 0 aliphatic rings. The highest BCUT2D eigenvalue weighted by molar-refractivity contribution is 6.33. The van der Waals surface area contributed by atoms with E-state index in [4.69, 9.17) is 16.3 Å². The molecule has 0 aliphatic heterocycles. The van der Waals surface area contributed by atoms with Gasteiger partial charge in [-0.2, -0.15) is 5.10 Å². The molecule has 0 bridgehead atoms. The highest BCUT2D eigenvalue weighted by atomic mass is 35.5. The Balaban J connectivity index is 1.90. The summed E-state index contributed by atoms with van der Waals surface area (Å²) in [6.45, 7) is 6.09. The summed E-state index contributed by atoms with van der Waals surface area (Å²) < 4.78 is 5.60. The number of carbonyl (C=O) groups is 1. The standard InChI is InChI=1S/C19H21ClN2O2/c1-13(2)15-9-8-14(3)18(10-15)24-12-19(23)22-21-11-16-6-4-5-7-17(16)20/h4-11,13H,12H2,1-3H3,(H,22,23). The number of aryl methyl sites for hydroxylation is 1. The van der Waals surface area contributed by atoms with Crippen molar-refractivity contribution < 1.29 is 9.53 Å². The Kier molecular flexibility index (Phi) is 6.38. The van der Waals surface area contributed by atoms with Gasteiger partial charge in [-0.15, -0.1) is 0 Å². The van der Waals surface area contributed by atoms with Crippen LogP contribution < -0.4 is 10.2 Å². The van der Waals surface area contributed by atoms with Crippen LogP contribution in [0.5, 0.6) is 5.75 Å². The summed E-state index contributed by atoms with van der Waals surface area (Å²) in [6.07, 6.45) is 1.50. The van der Waals surface area contributed by atoms with Crippen molar-refractivity contribution >= 4 is 23.7 Å². The van der Waals surface area contributed by atoms with Gasteiger partial charge < -0.3 is 4.74 Å². The summed E-state index contributed by atoms with van der Waals surface area (Å²) in [5.41, 5.74) is 5.34. The van der Waals surface area contributed by atoms with Gasteiger partial charge in [0.15, 0.2) is 6.61 Å². The molecule has 1 amide bonds. The van der Waals surface area contributed by atoms with Crippen molar-refractivity contribution in [2.75, 3.05) is 6.61 Å². The average Bonchev–Trinajstić information content (AvgIpc) is 2.55. The Morgan fingerprint density at radius 1 is 1.29 bits per heavy atom. The van der Waals surface area contributed by atoms with Crippen LogP contribution in [0.25, 0.3) is 0 Å². The average molecular weight is 345 g/mol. The number of benzene rings is 2. The summed E-state index contributed by atoms with van der Waals surface area (Å²) in [6, 6.07) is 13.3.